The van der Waals surface area contributed by atoms with Crippen molar-refractivity contribution in [1.29, 1.82) is 0 Å². The molecule has 0 fully saturated rings. The standard InChI is InChI=1S/C53H99NO5/c1-4-7-10-13-16-19-22-24-26-28-30-32-35-38-41-44-49(59-53(58)46-43-40-37-34-31-29-27-25-23-20-17-14-11-8-5-2)47-52(57)54-50(48-55)51(56)45-42-39-36-33-21-18-15-12-9-6-3/h16,19-20,23-24,26,49-51,55-56H,4-15,17-18,21-22,25,27-48H2,1-3H3,(H,54,57)/b19-16-,23-20-,26-24-. The predicted octanol–water partition coefficient (Wildman–Crippen LogP) is 15.3. The summed E-state index contributed by atoms with van der Waals surface area (Å²) in [5.74, 6) is -0.486. The third-order valence-corrected chi connectivity index (χ3v) is 11.7. The van der Waals surface area contributed by atoms with Gasteiger partial charge in [0.15, 0.2) is 0 Å². The van der Waals surface area contributed by atoms with Gasteiger partial charge in [0.2, 0.25) is 5.91 Å². The molecular formula is C53H99NO5. The smallest absolute Gasteiger partial charge is 0.306 e. The van der Waals surface area contributed by atoms with E-state index in [9.17, 15) is 19.8 Å². The average Bonchev–Trinajstić information content (AvgIpc) is 3.23. The number of aliphatic hydroxyl groups is 2. The minimum absolute atomic E-state index is 0.0686. The molecule has 6 nitrogen and oxygen atoms in total. The maximum absolute atomic E-state index is 13.2. The van der Waals surface area contributed by atoms with Gasteiger partial charge in [0.25, 0.3) is 0 Å². The normalized spacial score (nSPS) is 13.5. The quantitative estimate of drug-likeness (QED) is 0.0323. The lowest BCUT2D eigenvalue weighted by Crippen LogP contribution is -2.46. The highest BCUT2D eigenvalue weighted by molar-refractivity contribution is 5.77. The molecule has 0 rings (SSSR count). The second-order valence-electron chi connectivity index (χ2n) is 17.6. The number of unbranched alkanes of at least 4 members (excludes halogenated alkanes) is 28. The molecule has 0 radical (unpaired) electrons. The molecule has 0 aromatic heterocycles. The maximum Gasteiger partial charge on any atom is 0.306 e. The predicted molar refractivity (Wildman–Crippen MR) is 255 cm³/mol. The summed E-state index contributed by atoms with van der Waals surface area (Å²) in [6.07, 6.45) is 54.8. The van der Waals surface area contributed by atoms with Crippen LogP contribution in [0.3, 0.4) is 0 Å². The van der Waals surface area contributed by atoms with Crippen molar-refractivity contribution in [2.24, 2.45) is 0 Å². The molecule has 3 N–H and O–H groups in total. The van der Waals surface area contributed by atoms with Crippen LogP contribution in [0.1, 0.15) is 265 Å². The third-order valence-electron chi connectivity index (χ3n) is 11.7. The first kappa shape index (κ1) is 57.1. The van der Waals surface area contributed by atoms with Crippen molar-refractivity contribution in [3.8, 4) is 0 Å². The number of aliphatic hydroxyl groups excluding tert-OH is 2. The van der Waals surface area contributed by atoms with E-state index in [-0.39, 0.29) is 24.9 Å². The lowest BCUT2D eigenvalue weighted by Gasteiger charge is -2.24. The Bertz CT molecular complexity index is 977. The molecular weight excluding hydrogens is 731 g/mol. The third kappa shape index (κ3) is 42.6. The van der Waals surface area contributed by atoms with Gasteiger partial charge >= 0.3 is 5.97 Å². The van der Waals surface area contributed by atoms with E-state index in [1.165, 1.54) is 148 Å². The van der Waals surface area contributed by atoms with Crippen molar-refractivity contribution in [1.82, 2.24) is 5.32 Å². The van der Waals surface area contributed by atoms with Crippen LogP contribution < -0.4 is 5.32 Å². The number of hydrogen-bond donors (Lipinski definition) is 3. The Kier molecular flexibility index (Phi) is 45.6. The number of amides is 1. The average molecular weight is 830 g/mol. The summed E-state index contributed by atoms with van der Waals surface area (Å²) in [6, 6.07) is -0.704. The van der Waals surface area contributed by atoms with Crippen LogP contribution in [0, 0.1) is 0 Å². The second-order valence-corrected chi connectivity index (χ2v) is 17.6. The van der Waals surface area contributed by atoms with Gasteiger partial charge in [-0.2, -0.15) is 0 Å². The molecule has 0 aromatic carbocycles. The number of rotatable bonds is 46. The van der Waals surface area contributed by atoms with E-state index < -0.39 is 18.2 Å². The van der Waals surface area contributed by atoms with Crippen LogP contribution in [0.15, 0.2) is 36.5 Å². The van der Waals surface area contributed by atoms with Crippen molar-refractivity contribution in [2.75, 3.05) is 6.61 Å². The minimum atomic E-state index is -0.789. The van der Waals surface area contributed by atoms with Crippen LogP contribution >= 0.6 is 0 Å². The van der Waals surface area contributed by atoms with Gasteiger partial charge in [0.1, 0.15) is 6.10 Å². The lowest BCUT2D eigenvalue weighted by atomic mass is 10.0. The van der Waals surface area contributed by atoms with Crippen LogP contribution in [0.2, 0.25) is 0 Å². The number of ether oxygens (including phenoxy) is 1. The molecule has 0 aliphatic heterocycles. The van der Waals surface area contributed by atoms with E-state index in [0.29, 0.717) is 19.3 Å². The molecule has 3 unspecified atom stereocenters. The first-order valence-electron chi connectivity index (χ1n) is 25.7. The Morgan fingerprint density at radius 3 is 1.36 bits per heavy atom. The van der Waals surface area contributed by atoms with Crippen molar-refractivity contribution >= 4 is 11.9 Å². The molecule has 59 heavy (non-hydrogen) atoms. The Morgan fingerprint density at radius 1 is 0.492 bits per heavy atom. The number of carbonyl (C=O) groups excluding carboxylic acids is 2. The van der Waals surface area contributed by atoms with E-state index in [1.54, 1.807) is 0 Å². The van der Waals surface area contributed by atoms with E-state index in [2.05, 4.69) is 62.5 Å². The first-order chi connectivity index (χ1) is 29.0. The summed E-state index contributed by atoms with van der Waals surface area (Å²) in [5, 5.41) is 23.7. The van der Waals surface area contributed by atoms with Crippen LogP contribution in [0.5, 0.6) is 0 Å². The molecule has 0 aliphatic rings. The molecule has 346 valence electrons. The van der Waals surface area contributed by atoms with Gasteiger partial charge in [-0.05, 0) is 83.5 Å². The molecule has 0 aromatic rings. The number of nitrogens with one attached hydrogen (secondary N) is 1. The zero-order valence-electron chi connectivity index (χ0n) is 39.4. The maximum atomic E-state index is 13.2. The molecule has 0 bridgehead atoms. The van der Waals surface area contributed by atoms with E-state index >= 15 is 0 Å². The highest BCUT2D eigenvalue weighted by atomic mass is 16.5. The number of carbonyl (C=O) groups is 2. The zero-order valence-corrected chi connectivity index (χ0v) is 39.4. The molecule has 6 heteroatoms. The van der Waals surface area contributed by atoms with Crippen LogP contribution in [-0.2, 0) is 14.3 Å². The van der Waals surface area contributed by atoms with Gasteiger partial charge in [0, 0.05) is 6.42 Å². The Morgan fingerprint density at radius 2 is 0.864 bits per heavy atom. The van der Waals surface area contributed by atoms with Gasteiger partial charge < -0.3 is 20.3 Å². The van der Waals surface area contributed by atoms with Crippen molar-refractivity contribution < 1.29 is 24.5 Å². The summed E-state index contributed by atoms with van der Waals surface area (Å²) in [7, 11) is 0. The largest absolute Gasteiger partial charge is 0.462 e. The molecule has 0 aliphatic carbocycles. The van der Waals surface area contributed by atoms with Crippen molar-refractivity contribution in [3.05, 3.63) is 36.5 Å². The van der Waals surface area contributed by atoms with Crippen LogP contribution in [-0.4, -0.2) is 46.9 Å². The topological polar surface area (TPSA) is 95.9 Å². The highest BCUT2D eigenvalue weighted by Gasteiger charge is 2.24. The lowest BCUT2D eigenvalue weighted by molar-refractivity contribution is -0.151. The summed E-state index contributed by atoms with van der Waals surface area (Å²) >= 11 is 0. The summed E-state index contributed by atoms with van der Waals surface area (Å²) in [5.41, 5.74) is 0. The monoisotopic (exact) mass is 830 g/mol. The van der Waals surface area contributed by atoms with E-state index in [0.717, 1.165) is 70.6 Å². The number of esters is 1. The molecule has 0 saturated heterocycles. The summed E-state index contributed by atoms with van der Waals surface area (Å²) in [6.45, 7) is 6.44. The van der Waals surface area contributed by atoms with Crippen LogP contribution in [0.25, 0.3) is 0 Å². The van der Waals surface area contributed by atoms with Gasteiger partial charge in [-0.1, -0.05) is 205 Å². The minimum Gasteiger partial charge on any atom is -0.462 e. The number of allylic oxidation sites excluding steroid dienone is 6. The van der Waals surface area contributed by atoms with Gasteiger partial charge in [-0.15, -0.1) is 0 Å². The Labute approximate surface area is 366 Å². The molecule has 0 heterocycles. The number of hydrogen-bond acceptors (Lipinski definition) is 5. The van der Waals surface area contributed by atoms with E-state index in [1.807, 2.05) is 0 Å². The fourth-order valence-electron chi connectivity index (χ4n) is 7.75. The summed E-state index contributed by atoms with van der Waals surface area (Å²) in [4.78, 5) is 26.1. The molecule has 1 amide bonds. The fourth-order valence-corrected chi connectivity index (χ4v) is 7.75. The zero-order chi connectivity index (χ0) is 43.1. The van der Waals surface area contributed by atoms with Gasteiger partial charge in [-0.25, -0.2) is 0 Å². The molecule has 0 spiro atoms. The molecule has 0 saturated carbocycles. The highest BCUT2D eigenvalue weighted by Crippen LogP contribution is 2.18. The summed E-state index contributed by atoms with van der Waals surface area (Å²) < 4.78 is 5.93. The Hall–Kier alpha value is -1.92. The SMILES string of the molecule is CCCCC/C=C\C/C=C\CCCCCCCC(CC(=O)NC(CO)C(O)CCCCCCCCCCCC)OC(=O)CCCCCCCCC/C=C\CCCCCC. The first-order valence-corrected chi connectivity index (χ1v) is 25.7. The Balaban J connectivity index is 4.60. The second kappa shape index (κ2) is 47.1. The van der Waals surface area contributed by atoms with Crippen LogP contribution in [0.4, 0.5) is 0 Å². The fraction of sp³-hybridized carbons (Fsp3) is 0.849. The van der Waals surface area contributed by atoms with E-state index in [4.69, 9.17) is 4.74 Å². The van der Waals surface area contributed by atoms with Crippen molar-refractivity contribution in [3.63, 3.8) is 0 Å². The van der Waals surface area contributed by atoms with Crippen molar-refractivity contribution in [2.45, 2.75) is 283 Å². The van der Waals surface area contributed by atoms with Gasteiger partial charge in [-0.3, -0.25) is 9.59 Å². The molecule has 3 atom stereocenters. The van der Waals surface area contributed by atoms with Gasteiger partial charge in [0.05, 0.1) is 25.2 Å².